The summed E-state index contributed by atoms with van der Waals surface area (Å²) in [5.41, 5.74) is 2.14. The molecule has 1 aromatic carbocycles. The standard InChI is InChI=1S/C22H36N2O2/c1-3-5-7-9-15-21(25)23-17-19-13-11-12-14-20(19)18-24-22(26)16-10-8-6-4-2/h11-14H,3-10,15-18H2,1-2H3,(H,23,25)(H,24,26). The molecule has 0 atom stereocenters. The zero-order valence-electron chi connectivity index (χ0n) is 16.6. The molecule has 2 amide bonds. The number of benzene rings is 1. The van der Waals surface area contributed by atoms with E-state index >= 15 is 0 Å². The molecular formula is C22H36N2O2. The molecule has 0 saturated carbocycles. The van der Waals surface area contributed by atoms with E-state index in [-0.39, 0.29) is 11.8 Å². The van der Waals surface area contributed by atoms with Crippen molar-refractivity contribution in [3.05, 3.63) is 35.4 Å². The molecule has 26 heavy (non-hydrogen) atoms. The molecule has 2 N–H and O–H groups in total. The van der Waals surface area contributed by atoms with E-state index in [1.54, 1.807) is 0 Å². The number of nitrogens with one attached hydrogen (secondary N) is 2. The van der Waals surface area contributed by atoms with E-state index in [4.69, 9.17) is 0 Å². The van der Waals surface area contributed by atoms with E-state index in [1.165, 1.54) is 25.7 Å². The van der Waals surface area contributed by atoms with Crippen molar-refractivity contribution in [2.45, 2.75) is 91.1 Å². The Bertz CT molecular complexity index is 482. The second kappa shape index (κ2) is 14.3. The third-order valence-electron chi connectivity index (χ3n) is 4.59. The summed E-state index contributed by atoms with van der Waals surface area (Å²) in [6.07, 6.45) is 10.1. The third kappa shape index (κ3) is 10.2. The topological polar surface area (TPSA) is 58.2 Å². The molecule has 0 saturated heterocycles. The maximum absolute atomic E-state index is 11.9. The first-order valence-corrected chi connectivity index (χ1v) is 10.3. The summed E-state index contributed by atoms with van der Waals surface area (Å²) in [6, 6.07) is 7.97. The highest BCUT2D eigenvalue weighted by Crippen LogP contribution is 2.10. The fourth-order valence-corrected chi connectivity index (χ4v) is 2.89. The highest BCUT2D eigenvalue weighted by atomic mass is 16.2. The Labute approximate surface area is 159 Å². The van der Waals surface area contributed by atoms with Crippen LogP contribution in [-0.2, 0) is 22.7 Å². The van der Waals surface area contributed by atoms with Gasteiger partial charge in [-0.3, -0.25) is 9.59 Å². The van der Waals surface area contributed by atoms with E-state index in [9.17, 15) is 9.59 Å². The first-order valence-electron chi connectivity index (χ1n) is 10.3. The molecule has 0 unspecified atom stereocenters. The highest BCUT2D eigenvalue weighted by molar-refractivity contribution is 5.76. The molecular weight excluding hydrogens is 324 g/mol. The molecule has 0 aliphatic rings. The smallest absolute Gasteiger partial charge is 0.220 e. The van der Waals surface area contributed by atoms with Crippen LogP contribution in [0, 0.1) is 0 Å². The fourth-order valence-electron chi connectivity index (χ4n) is 2.89. The van der Waals surface area contributed by atoms with Crippen molar-refractivity contribution in [2.75, 3.05) is 0 Å². The Morgan fingerprint density at radius 3 is 1.50 bits per heavy atom. The molecule has 0 radical (unpaired) electrons. The van der Waals surface area contributed by atoms with Gasteiger partial charge < -0.3 is 10.6 Å². The molecule has 0 fully saturated rings. The van der Waals surface area contributed by atoms with Gasteiger partial charge in [0.2, 0.25) is 11.8 Å². The predicted octanol–water partition coefficient (Wildman–Crippen LogP) is 4.86. The van der Waals surface area contributed by atoms with Gasteiger partial charge in [-0.25, -0.2) is 0 Å². The van der Waals surface area contributed by atoms with Gasteiger partial charge in [-0.05, 0) is 24.0 Å². The summed E-state index contributed by atoms with van der Waals surface area (Å²) in [5, 5.41) is 6.00. The van der Waals surface area contributed by atoms with Crippen molar-refractivity contribution < 1.29 is 9.59 Å². The van der Waals surface area contributed by atoms with Gasteiger partial charge in [-0.1, -0.05) is 76.6 Å². The normalized spacial score (nSPS) is 10.5. The lowest BCUT2D eigenvalue weighted by atomic mass is 10.1. The third-order valence-corrected chi connectivity index (χ3v) is 4.59. The Hall–Kier alpha value is -1.84. The lowest BCUT2D eigenvalue weighted by molar-refractivity contribution is -0.122. The van der Waals surface area contributed by atoms with Crippen LogP contribution in [0.15, 0.2) is 24.3 Å². The van der Waals surface area contributed by atoms with Crippen molar-refractivity contribution in [1.82, 2.24) is 10.6 Å². The molecule has 4 heteroatoms. The lowest BCUT2D eigenvalue weighted by Gasteiger charge is -2.12. The number of unbranched alkanes of at least 4 members (excludes halogenated alkanes) is 6. The molecule has 1 rings (SSSR count). The number of carbonyl (C=O) groups excluding carboxylic acids is 2. The van der Waals surface area contributed by atoms with Crippen molar-refractivity contribution in [2.24, 2.45) is 0 Å². The number of rotatable bonds is 14. The molecule has 0 aliphatic carbocycles. The van der Waals surface area contributed by atoms with Crippen LogP contribution in [0.25, 0.3) is 0 Å². The number of hydrogen-bond donors (Lipinski definition) is 2. The number of hydrogen-bond acceptors (Lipinski definition) is 2. The van der Waals surface area contributed by atoms with Crippen LogP contribution in [0.2, 0.25) is 0 Å². The Morgan fingerprint density at radius 2 is 1.12 bits per heavy atom. The van der Waals surface area contributed by atoms with Gasteiger partial charge in [-0.2, -0.15) is 0 Å². The van der Waals surface area contributed by atoms with Gasteiger partial charge in [-0.15, -0.1) is 0 Å². The lowest BCUT2D eigenvalue weighted by Crippen LogP contribution is -2.25. The van der Waals surface area contributed by atoms with Crippen molar-refractivity contribution in [3.8, 4) is 0 Å². The minimum Gasteiger partial charge on any atom is -0.352 e. The molecule has 0 heterocycles. The molecule has 1 aromatic rings. The van der Waals surface area contributed by atoms with Gasteiger partial charge in [0.15, 0.2) is 0 Å². The van der Waals surface area contributed by atoms with Gasteiger partial charge in [0.1, 0.15) is 0 Å². The van der Waals surface area contributed by atoms with E-state index in [2.05, 4.69) is 24.5 Å². The minimum atomic E-state index is 0.107. The van der Waals surface area contributed by atoms with Gasteiger partial charge in [0.25, 0.3) is 0 Å². The Morgan fingerprint density at radius 1 is 0.692 bits per heavy atom. The zero-order valence-corrected chi connectivity index (χ0v) is 16.6. The van der Waals surface area contributed by atoms with Gasteiger partial charge in [0, 0.05) is 25.9 Å². The fraction of sp³-hybridized carbons (Fsp3) is 0.636. The van der Waals surface area contributed by atoms with Crippen LogP contribution in [0.1, 0.15) is 89.2 Å². The minimum absolute atomic E-state index is 0.107. The van der Waals surface area contributed by atoms with E-state index in [0.29, 0.717) is 25.9 Å². The second-order valence-electron chi connectivity index (χ2n) is 6.94. The zero-order chi connectivity index (χ0) is 19.0. The molecule has 0 spiro atoms. The number of amides is 2. The summed E-state index contributed by atoms with van der Waals surface area (Å²) in [4.78, 5) is 23.9. The van der Waals surface area contributed by atoms with E-state index in [0.717, 1.165) is 36.8 Å². The molecule has 0 aliphatic heterocycles. The first kappa shape index (κ1) is 22.2. The van der Waals surface area contributed by atoms with Crippen LogP contribution < -0.4 is 10.6 Å². The summed E-state index contributed by atoms with van der Waals surface area (Å²) >= 11 is 0. The first-order chi connectivity index (χ1) is 12.7. The van der Waals surface area contributed by atoms with E-state index < -0.39 is 0 Å². The van der Waals surface area contributed by atoms with Crippen LogP contribution in [0.5, 0.6) is 0 Å². The van der Waals surface area contributed by atoms with E-state index in [1.807, 2.05) is 24.3 Å². The largest absolute Gasteiger partial charge is 0.352 e. The van der Waals surface area contributed by atoms with Gasteiger partial charge in [0.05, 0.1) is 0 Å². The maximum Gasteiger partial charge on any atom is 0.220 e. The average Bonchev–Trinajstić information content (AvgIpc) is 2.66. The summed E-state index contributed by atoms with van der Waals surface area (Å²) in [6.45, 7) is 5.38. The highest BCUT2D eigenvalue weighted by Gasteiger charge is 2.07. The predicted molar refractivity (Wildman–Crippen MR) is 108 cm³/mol. The van der Waals surface area contributed by atoms with Crippen LogP contribution >= 0.6 is 0 Å². The quantitative estimate of drug-likeness (QED) is 0.466. The monoisotopic (exact) mass is 360 g/mol. The van der Waals surface area contributed by atoms with Crippen molar-refractivity contribution in [1.29, 1.82) is 0 Å². The second-order valence-corrected chi connectivity index (χ2v) is 6.94. The van der Waals surface area contributed by atoms with Crippen LogP contribution in [0.4, 0.5) is 0 Å². The average molecular weight is 361 g/mol. The summed E-state index contributed by atoms with van der Waals surface area (Å²) < 4.78 is 0. The summed E-state index contributed by atoms with van der Waals surface area (Å²) in [5.74, 6) is 0.215. The Balaban J connectivity index is 2.35. The Kier molecular flexibility index (Phi) is 12.2. The van der Waals surface area contributed by atoms with Crippen LogP contribution in [0.3, 0.4) is 0 Å². The SMILES string of the molecule is CCCCCCC(=O)NCc1ccccc1CNC(=O)CCCCCC. The van der Waals surface area contributed by atoms with Crippen molar-refractivity contribution >= 4 is 11.8 Å². The molecule has 4 nitrogen and oxygen atoms in total. The molecule has 146 valence electrons. The molecule has 0 bridgehead atoms. The summed E-state index contributed by atoms with van der Waals surface area (Å²) in [7, 11) is 0. The molecule has 0 aromatic heterocycles. The van der Waals surface area contributed by atoms with Crippen LogP contribution in [-0.4, -0.2) is 11.8 Å². The maximum atomic E-state index is 11.9. The van der Waals surface area contributed by atoms with Crippen molar-refractivity contribution in [3.63, 3.8) is 0 Å². The number of carbonyl (C=O) groups is 2. The van der Waals surface area contributed by atoms with Gasteiger partial charge >= 0.3 is 0 Å².